The van der Waals surface area contributed by atoms with Gasteiger partial charge in [-0.05, 0) is 18.4 Å². The molecule has 1 aliphatic rings. The molecule has 0 spiro atoms. The maximum atomic E-state index is 8.68. The van der Waals surface area contributed by atoms with E-state index in [-0.39, 0.29) is 0 Å². The first kappa shape index (κ1) is 14.5. The van der Waals surface area contributed by atoms with Crippen LogP contribution in [0.3, 0.4) is 0 Å². The molecule has 1 aliphatic heterocycles. The normalized spacial score (nSPS) is 21.5. The Morgan fingerprint density at radius 2 is 1.47 bits per heavy atom. The van der Waals surface area contributed by atoms with Crippen molar-refractivity contribution in [1.29, 1.82) is 0 Å². The summed E-state index contributed by atoms with van der Waals surface area (Å²) in [5.41, 5.74) is 1.33. The Hall–Kier alpha value is -0.860. The Balaban J connectivity index is 1.45. The largest absolute Gasteiger partial charge is 0.396 e. The van der Waals surface area contributed by atoms with E-state index in [1.165, 1.54) is 50.5 Å². The first-order valence-corrected chi connectivity index (χ1v) is 7.73. The first-order chi connectivity index (χ1) is 9.42. The van der Waals surface area contributed by atoms with Crippen LogP contribution in [0.2, 0.25) is 0 Å². The van der Waals surface area contributed by atoms with E-state index in [0.717, 1.165) is 6.42 Å². The molecule has 0 aliphatic carbocycles. The number of hydrogen-bond donors (Lipinski definition) is 1. The minimum absolute atomic E-state index is 0.347. The van der Waals surface area contributed by atoms with Crippen LogP contribution in [-0.4, -0.2) is 17.8 Å². The zero-order valence-corrected chi connectivity index (χ0v) is 11.8. The van der Waals surface area contributed by atoms with Crippen molar-refractivity contribution in [3.05, 3.63) is 35.9 Å². The molecule has 2 atom stereocenters. The number of rotatable bonds is 10. The maximum Gasteiger partial charge on any atom is 0.109 e. The molecule has 2 rings (SSSR count). The molecule has 1 saturated heterocycles. The van der Waals surface area contributed by atoms with Crippen molar-refractivity contribution in [2.75, 3.05) is 6.61 Å². The molecular formula is C17H26O2. The van der Waals surface area contributed by atoms with Crippen LogP contribution in [-0.2, 0) is 4.74 Å². The van der Waals surface area contributed by atoms with Gasteiger partial charge in [-0.2, -0.15) is 0 Å². The molecule has 1 heterocycles. The summed E-state index contributed by atoms with van der Waals surface area (Å²) < 4.78 is 5.73. The number of epoxide rings is 1. The molecule has 1 fully saturated rings. The van der Waals surface area contributed by atoms with Gasteiger partial charge in [0.05, 0.1) is 6.10 Å². The van der Waals surface area contributed by atoms with Gasteiger partial charge in [0, 0.05) is 6.61 Å². The van der Waals surface area contributed by atoms with Crippen LogP contribution in [0, 0.1) is 0 Å². The maximum absolute atomic E-state index is 8.68. The lowest BCUT2D eigenvalue weighted by Gasteiger charge is -2.00. The van der Waals surface area contributed by atoms with Gasteiger partial charge >= 0.3 is 0 Å². The van der Waals surface area contributed by atoms with Crippen molar-refractivity contribution in [2.45, 2.75) is 63.6 Å². The van der Waals surface area contributed by atoms with Crippen molar-refractivity contribution in [3.63, 3.8) is 0 Å². The van der Waals surface area contributed by atoms with E-state index >= 15 is 0 Å². The molecule has 2 nitrogen and oxygen atoms in total. The summed E-state index contributed by atoms with van der Waals surface area (Å²) in [5, 5.41) is 8.68. The number of unbranched alkanes of at least 4 members (excludes halogenated alkanes) is 6. The minimum atomic E-state index is 0.347. The summed E-state index contributed by atoms with van der Waals surface area (Å²) in [7, 11) is 0. The van der Waals surface area contributed by atoms with Crippen molar-refractivity contribution in [2.24, 2.45) is 0 Å². The second kappa shape index (κ2) is 8.34. The summed E-state index contributed by atoms with van der Waals surface area (Å²) in [5.74, 6) is 0. The van der Waals surface area contributed by atoms with E-state index < -0.39 is 0 Å². The highest BCUT2D eigenvalue weighted by Crippen LogP contribution is 2.41. The number of hydrogen-bond acceptors (Lipinski definition) is 2. The van der Waals surface area contributed by atoms with Crippen LogP contribution in [0.1, 0.15) is 63.0 Å². The fraction of sp³-hybridized carbons (Fsp3) is 0.647. The zero-order valence-electron chi connectivity index (χ0n) is 11.8. The third-order valence-corrected chi connectivity index (χ3v) is 3.86. The molecule has 1 N–H and O–H groups in total. The Kier molecular flexibility index (Phi) is 6.38. The van der Waals surface area contributed by atoms with Crippen LogP contribution < -0.4 is 0 Å². The van der Waals surface area contributed by atoms with Gasteiger partial charge in [-0.1, -0.05) is 68.9 Å². The third kappa shape index (κ3) is 5.33. The highest BCUT2D eigenvalue weighted by Gasteiger charge is 2.38. The van der Waals surface area contributed by atoms with Gasteiger partial charge in [0.2, 0.25) is 0 Å². The Morgan fingerprint density at radius 1 is 0.842 bits per heavy atom. The van der Waals surface area contributed by atoms with Crippen LogP contribution in [0.15, 0.2) is 30.3 Å². The molecule has 0 bridgehead atoms. The van der Waals surface area contributed by atoms with Gasteiger partial charge in [-0.3, -0.25) is 0 Å². The average molecular weight is 262 g/mol. The summed E-state index contributed by atoms with van der Waals surface area (Å²) >= 11 is 0. The van der Waals surface area contributed by atoms with E-state index in [1.54, 1.807) is 0 Å². The van der Waals surface area contributed by atoms with E-state index in [4.69, 9.17) is 9.84 Å². The lowest BCUT2D eigenvalue weighted by Crippen LogP contribution is -1.90. The molecule has 0 aromatic heterocycles. The highest BCUT2D eigenvalue weighted by molar-refractivity contribution is 5.22. The Bertz CT molecular complexity index is 336. The van der Waals surface area contributed by atoms with Crippen molar-refractivity contribution in [1.82, 2.24) is 0 Å². The van der Waals surface area contributed by atoms with Crippen LogP contribution in [0.5, 0.6) is 0 Å². The van der Waals surface area contributed by atoms with Gasteiger partial charge < -0.3 is 9.84 Å². The molecule has 1 aromatic rings. The number of aliphatic hydroxyl groups is 1. The second-order valence-electron chi connectivity index (χ2n) is 5.49. The monoisotopic (exact) mass is 262 g/mol. The average Bonchev–Trinajstić information content (AvgIpc) is 3.22. The summed E-state index contributed by atoms with van der Waals surface area (Å²) in [6.07, 6.45) is 10.7. The molecular weight excluding hydrogens is 236 g/mol. The van der Waals surface area contributed by atoms with E-state index in [0.29, 0.717) is 18.8 Å². The standard InChI is InChI=1S/C17H26O2/c18-14-10-5-3-1-2-4-9-13-16-17(19-16)15-11-7-6-8-12-15/h6-8,11-12,16-18H,1-5,9-10,13-14H2. The van der Waals surface area contributed by atoms with Gasteiger partial charge in [-0.25, -0.2) is 0 Å². The Labute approximate surface area is 116 Å². The summed E-state index contributed by atoms with van der Waals surface area (Å²) in [4.78, 5) is 0. The van der Waals surface area contributed by atoms with E-state index in [2.05, 4.69) is 30.3 Å². The van der Waals surface area contributed by atoms with Gasteiger partial charge in [0.1, 0.15) is 6.10 Å². The van der Waals surface area contributed by atoms with E-state index in [1.807, 2.05) is 0 Å². The molecule has 0 radical (unpaired) electrons. The lowest BCUT2D eigenvalue weighted by atomic mass is 10.0. The number of aliphatic hydroxyl groups excluding tert-OH is 1. The molecule has 1 aromatic carbocycles. The predicted octanol–water partition coefficient (Wildman–Crippen LogP) is 4.24. The van der Waals surface area contributed by atoms with Gasteiger partial charge in [0.15, 0.2) is 0 Å². The van der Waals surface area contributed by atoms with Crippen molar-refractivity contribution < 1.29 is 9.84 Å². The molecule has 2 heteroatoms. The Morgan fingerprint density at radius 3 is 2.16 bits per heavy atom. The quantitative estimate of drug-likeness (QED) is 0.505. The molecule has 0 saturated carbocycles. The second-order valence-corrected chi connectivity index (χ2v) is 5.49. The molecule has 2 unspecified atom stereocenters. The lowest BCUT2D eigenvalue weighted by molar-refractivity contribution is 0.282. The van der Waals surface area contributed by atoms with Crippen LogP contribution in [0.4, 0.5) is 0 Å². The molecule has 19 heavy (non-hydrogen) atoms. The van der Waals surface area contributed by atoms with Crippen molar-refractivity contribution in [3.8, 4) is 0 Å². The van der Waals surface area contributed by atoms with Gasteiger partial charge in [-0.15, -0.1) is 0 Å². The van der Waals surface area contributed by atoms with Crippen molar-refractivity contribution >= 4 is 0 Å². The topological polar surface area (TPSA) is 32.8 Å². The van der Waals surface area contributed by atoms with Crippen LogP contribution >= 0.6 is 0 Å². The summed E-state index contributed by atoms with van der Waals surface area (Å²) in [6, 6.07) is 10.5. The van der Waals surface area contributed by atoms with Gasteiger partial charge in [0.25, 0.3) is 0 Å². The van der Waals surface area contributed by atoms with Crippen LogP contribution in [0.25, 0.3) is 0 Å². The SMILES string of the molecule is OCCCCCCCCCC1OC1c1ccccc1. The highest BCUT2D eigenvalue weighted by atomic mass is 16.6. The smallest absolute Gasteiger partial charge is 0.109 e. The fourth-order valence-electron chi connectivity index (χ4n) is 2.64. The zero-order chi connectivity index (χ0) is 13.3. The number of benzene rings is 1. The minimum Gasteiger partial charge on any atom is -0.396 e. The first-order valence-electron chi connectivity index (χ1n) is 7.73. The third-order valence-electron chi connectivity index (χ3n) is 3.86. The summed E-state index contributed by atoms with van der Waals surface area (Å²) in [6.45, 7) is 0.347. The molecule has 0 amide bonds. The predicted molar refractivity (Wildman–Crippen MR) is 78.1 cm³/mol. The fourth-order valence-corrected chi connectivity index (χ4v) is 2.64. The number of ether oxygens (including phenoxy) is 1. The van der Waals surface area contributed by atoms with E-state index in [9.17, 15) is 0 Å². The molecule has 106 valence electrons.